The van der Waals surface area contributed by atoms with Crippen molar-refractivity contribution in [2.24, 2.45) is 11.8 Å². The van der Waals surface area contributed by atoms with Gasteiger partial charge in [0.1, 0.15) is 5.60 Å². The van der Waals surface area contributed by atoms with Crippen molar-refractivity contribution in [3.05, 3.63) is 63.6 Å². The average molecular weight is 594 g/mol. The van der Waals surface area contributed by atoms with E-state index in [4.69, 9.17) is 27.9 Å². The molecule has 1 unspecified atom stereocenters. The number of esters is 1. The van der Waals surface area contributed by atoms with Crippen LogP contribution >= 0.6 is 23.2 Å². The first-order chi connectivity index (χ1) is 17.9. The zero-order chi connectivity index (χ0) is 29.3. The van der Waals surface area contributed by atoms with E-state index in [9.17, 15) is 31.5 Å². The van der Waals surface area contributed by atoms with Gasteiger partial charge in [-0.2, -0.15) is 13.2 Å². The minimum Gasteiger partial charge on any atom is -0.460 e. The largest absolute Gasteiger partial charge is 0.460 e. The highest BCUT2D eigenvalue weighted by molar-refractivity contribution is 6.33. The fourth-order valence-electron chi connectivity index (χ4n) is 4.72. The summed E-state index contributed by atoms with van der Waals surface area (Å²) in [6, 6.07) is 9.87. The third-order valence-corrected chi connectivity index (χ3v) is 7.28. The number of nitrogens with one attached hydrogen (secondary N) is 1. The molecule has 0 aromatic heterocycles. The van der Waals surface area contributed by atoms with Crippen LogP contribution in [0.5, 0.6) is 0 Å². The van der Waals surface area contributed by atoms with E-state index in [1.807, 2.05) is 0 Å². The van der Waals surface area contributed by atoms with Crippen LogP contribution in [0.3, 0.4) is 0 Å². The first-order valence-corrected chi connectivity index (χ1v) is 13.1. The van der Waals surface area contributed by atoms with Crippen LogP contribution in [-0.2, 0) is 14.3 Å². The number of hydrogen-bond acceptors (Lipinski definition) is 3. The van der Waals surface area contributed by atoms with E-state index >= 15 is 0 Å². The summed E-state index contributed by atoms with van der Waals surface area (Å²) in [5.74, 6) is -9.26. The molecule has 2 aromatic carbocycles. The number of carbonyl (C=O) groups is 2. The predicted molar refractivity (Wildman–Crippen MR) is 140 cm³/mol. The summed E-state index contributed by atoms with van der Waals surface area (Å²) in [7, 11) is 0. The second kappa shape index (κ2) is 11.6. The van der Waals surface area contributed by atoms with Crippen molar-refractivity contribution in [2.75, 3.05) is 5.32 Å². The molecule has 1 aliphatic carbocycles. The number of rotatable bonds is 8. The minimum absolute atomic E-state index is 0.00720. The van der Waals surface area contributed by atoms with E-state index in [0.717, 1.165) is 6.92 Å². The first-order valence-electron chi connectivity index (χ1n) is 12.4. The van der Waals surface area contributed by atoms with Gasteiger partial charge < -0.3 is 10.1 Å². The molecule has 3 atom stereocenters. The second-order valence-electron chi connectivity index (χ2n) is 11.0. The van der Waals surface area contributed by atoms with Crippen LogP contribution in [0.2, 0.25) is 10.0 Å². The number of benzene rings is 2. The maximum atomic E-state index is 13.7. The van der Waals surface area contributed by atoms with Gasteiger partial charge in [0.2, 0.25) is 11.8 Å². The highest BCUT2D eigenvalue weighted by atomic mass is 35.5. The Labute approximate surface area is 234 Å². The molecule has 39 heavy (non-hydrogen) atoms. The number of carbonyl (C=O) groups excluding carboxylic acids is 2. The Morgan fingerprint density at radius 2 is 1.59 bits per heavy atom. The number of alkyl halides is 5. The molecule has 0 radical (unpaired) electrons. The quantitative estimate of drug-likeness (QED) is 0.246. The zero-order valence-electron chi connectivity index (χ0n) is 21.8. The maximum Gasteiger partial charge on any atom is 0.392 e. The van der Waals surface area contributed by atoms with Gasteiger partial charge in [0.15, 0.2) is 0 Å². The molecule has 0 aliphatic heterocycles. The lowest BCUT2D eigenvalue weighted by atomic mass is 9.69. The van der Waals surface area contributed by atoms with Gasteiger partial charge in [0.05, 0.1) is 29.0 Å². The van der Waals surface area contributed by atoms with Crippen molar-refractivity contribution in [3.63, 3.8) is 0 Å². The fourth-order valence-corrected chi connectivity index (χ4v) is 5.01. The Balaban J connectivity index is 1.93. The van der Waals surface area contributed by atoms with Crippen LogP contribution in [-0.4, -0.2) is 29.6 Å². The topological polar surface area (TPSA) is 55.4 Å². The molecule has 1 amide bonds. The van der Waals surface area contributed by atoms with Gasteiger partial charge in [-0.15, -0.1) is 0 Å². The van der Waals surface area contributed by atoms with E-state index in [2.05, 4.69) is 5.32 Å². The van der Waals surface area contributed by atoms with Crippen molar-refractivity contribution in [1.82, 2.24) is 0 Å². The summed E-state index contributed by atoms with van der Waals surface area (Å²) in [6.45, 7) is 5.97. The van der Waals surface area contributed by atoms with Crippen LogP contribution in [0, 0.1) is 11.8 Å². The molecule has 2 aromatic rings. The summed E-state index contributed by atoms with van der Waals surface area (Å²) in [5, 5.41) is 2.82. The number of amides is 1. The highest BCUT2D eigenvalue weighted by Crippen LogP contribution is 2.51. The number of ether oxygens (including phenoxy) is 1. The molecule has 0 spiro atoms. The molecule has 1 saturated carbocycles. The lowest BCUT2D eigenvalue weighted by molar-refractivity contribution is -0.178. The van der Waals surface area contributed by atoms with E-state index < -0.39 is 66.1 Å². The van der Waals surface area contributed by atoms with Crippen molar-refractivity contribution in [2.45, 2.75) is 76.5 Å². The van der Waals surface area contributed by atoms with Crippen molar-refractivity contribution in [3.8, 4) is 0 Å². The van der Waals surface area contributed by atoms with Gasteiger partial charge >= 0.3 is 12.1 Å². The number of halogens is 7. The Hall–Kier alpha value is -2.39. The molecule has 11 heteroatoms. The molecule has 0 bridgehead atoms. The van der Waals surface area contributed by atoms with Gasteiger partial charge in [0.25, 0.3) is 0 Å². The van der Waals surface area contributed by atoms with E-state index in [-0.39, 0.29) is 22.7 Å². The van der Waals surface area contributed by atoms with Gasteiger partial charge in [0, 0.05) is 17.9 Å². The van der Waals surface area contributed by atoms with Crippen molar-refractivity contribution < 1.29 is 36.3 Å². The van der Waals surface area contributed by atoms with Crippen LogP contribution in [0.4, 0.5) is 27.6 Å². The Morgan fingerprint density at radius 1 is 1.03 bits per heavy atom. The summed E-state index contributed by atoms with van der Waals surface area (Å²) >= 11 is 12.2. The Bertz CT molecular complexity index is 1190. The predicted octanol–water partition coefficient (Wildman–Crippen LogP) is 8.77. The highest BCUT2D eigenvalue weighted by Gasteiger charge is 2.49. The molecule has 1 fully saturated rings. The van der Waals surface area contributed by atoms with Crippen molar-refractivity contribution in [1.29, 1.82) is 0 Å². The molecular weight excluding hydrogens is 564 g/mol. The van der Waals surface area contributed by atoms with Crippen LogP contribution in [0.15, 0.2) is 42.5 Å². The van der Waals surface area contributed by atoms with E-state index in [0.29, 0.717) is 10.6 Å². The third-order valence-electron chi connectivity index (χ3n) is 6.70. The maximum absolute atomic E-state index is 13.7. The van der Waals surface area contributed by atoms with Crippen LogP contribution < -0.4 is 5.32 Å². The van der Waals surface area contributed by atoms with Gasteiger partial charge in [-0.05, 0) is 68.0 Å². The fraction of sp³-hybridized carbons (Fsp3) is 0.500. The van der Waals surface area contributed by atoms with E-state index in [1.54, 1.807) is 26.8 Å². The lowest BCUT2D eigenvalue weighted by Gasteiger charge is -2.40. The standard InChI is InChI=1S/C28H30Cl2F5NO3/c1-15(28(33,34)35)24(16-5-8-19(29)9-6-16)25(38)36-22-11-17(7-10-21(22)30)20(18-13-27(31,32)14-18)12-23(37)39-26(2,3)4/h5-11,15,18,20,24H,12-14H2,1-4H3,(H,36,38)/t15-,20?,24+/m1/s1. The summed E-state index contributed by atoms with van der Waals surface area (Å²) in [5.41, 5.74) is -0.231. The molecule has 1 N–H and O–H groups in total. The lowest BCUT2D eigenvalue weighted by Crippen LogP contribution is -2.40. The van der Waals surface area contributed by atoms with Gasteiger partial charge in [-0.25, -0.2) is 8.78 Å². The third kappa shape index (κ3) is 8.30. The molecule has 0 heterocycles. The Kier molecular flexibility index (Phi) is 9.27. The van der Waals surface area contributed by atoms with Gasteiger partial charge in [-0.1, -0.05) is 48.3 Å². The molecule has 4 nitrogen and oxygen atoms in total. The molecule has 1 aliphatic rings. The minimum atomic E-state index is -4.68. The Morgan fingerprint density at radius 3 is 2.10 bits per heavy atom. The smallest absolute Gasteiger partial charge is 0.392 e. The molecule has 214 valence electrons. The molecular formula is C28H30Cl2F5NO3. The molecule has 3 rings (SSSR count). The SMILES string of the molecule is C[C@H]([C@H](C(=O)Nc1cc(C(CC(=O)OC(C)(C)C)C2CC(F)(F)C2)ccc1Cl)c1ccc(Cl)cc1)C(F)(F)F. The van der Waals surface area contributed by atoms with Crippen LogP contribution in [0.1, 0.15) is 69.9 Å². The normalized spacial score (nSPS) is 18.0. The summed E-state index contributed by atoms with van der Waals surface area (Å²) in [6.07, 6.45) is -5.72. The van der Waals surface area contributed by atoms with E-state index in [1.165, 1.54) is 36.4 Å². The second-order valence-corrected chi connectivity index (χ2v) is 11.9. The first kappa shape index (κ1) is 31.1. The average Bonchev–Trinajstić information content (AvgIpc) is 2.77. The van der Waals surface area contributed by atoms with Gasteiger partial charge in [-0.3, -0.25) is 9.59 Å². The monoisotopic (exact) mass is 593 g/mol. The summed E-state index contributed by atoms with van der Waals surface area (Å²) in [4.78, 5) is 25.9. The molecule has 0 saturated heterocycles. The summed E-state index contributed by atoms with van der Waals surface area (Å²) < 4.78 is 74.0. The van der Waals surface area contributed by atoms with Crippen LogP contribution in [0.25, 0.3) is 0 Å². The zero-order valence-corrected chi connectivity index (χ0v) is 23.4. The number of hydrogen-bond donors (Lipinski definition) is 1. The number of anilines is 1. The van der Waals surface area contributed by atoms with Crippen molar-refractivity contribution >= 4 is 40.8 Å².